The van der Waals surface area contributed by atoms with Crippen LogP contribution in [0.1, 0.15) is 66.5 Å². The number of fused-ring (bicyclic) bond motifs is 3. The second kappa shape index (κ2) is 10.7. The average molecular weight is 559 g/mol. The van der Waals surface area contributed by atoms with E-state index >= 15 is 0 Å². The Bertz CT molecular complexity index is 1720. The molecule has 0 aliphatic heterocycles. The van der Waals surface area contributed by atoms with Gasteiger partial charge in [0, 0.05) is 35.7 Å². The molecule has 0 radical (unpaired) electrons. The van der Waals surface area contributed by atoms with E-state index in [-0.39, 0.29) is 22.6 Å². The Hall–Kier alpha value is -4.58. The lowest BCUT2D eigenvalue weighted by Gasteiger charge is -2.25. The number of pyridine rings is 2. The fourth-order valence-corrected chi connectivity index (χ4v) is 5.50. The molecule has 0 fully saturated rings. The fourth-order valence-electron chi connectivity index (χ4n) is 5.50. The molecule has 0 bridgehead atoms. The summed E-state index contributed by atoms with van der Waals surface area (Å²) in [4.78, 5) is 34.6. The van der Waals surface area contributed by atoms with Crippen LogP contribution in [-0.2, 0) is 20.4 Å². The molecule has 2 heterocycles. The van der Waals surface area contributed by atoms with Crippen LogP contribution in [-0.4, -0.2) is 21.8 Å². The highest BCUT2D eigenvalue weighted by Gasteiger charge is 2.25. The predicted molar refractivity (Wildman–Crippen MR) is 174 cm³/mol. The number of benzene rings is 3. The van der Waals surface area contributed by atoms with Gasteiger partial charge in [0.2, 0.25) is 11.8 Å². The molecule has 2 amide bonds. The number of para-hydroxylation sites is 2. The first-order valence-corrected chi connectivity index (χ1v) is 14.3. The number of rotatable bonds is 4. The van der Waals surface area contributed by atoms with Gasteiger partial charge >= 0.3 is 0 Å². The van der Waals surface area contributed by atoms with Crippen LogP contribution >= 0.6 is 0 Å². The number of aromatic nitrogens is 2. The molecule has 6 heteroatoms. The molecule has 42 heavy (non-hydrogen) atoms. The summed E-state index contributed by atoms with van der Waals surface area (Å²) in [5, 5.41) is 8.01. The third kappa shape index (κ3) is 5.62. The van der Waals surface area contributed by atoms with Gasteiger partial charge in [0.1, 0.15) is 0 Å². The molecule has 214 valence electrons. The number of hydrogen-bond acceptors (Lipinski definition) is 4. The molecule has 5 rings (SSSR count). The summed E-state index contributed by atoms with van der Waals surface area (Å²) in [6.45, 7) is 16.2. The van der Waals surface area contributed by atoms with Crippen LogP contribution in [0, 0.1) is 0 Å². The minimum absolute atomic E-state index is 0.135. The highest BCUT2D eigenvalue weighted by Crippen LogP contribution is 2.41. The molecule has 0 saturated carbocycles. The van der Waals surface area contributed by atoms with Gasteiger partial charge in [0.25, 0.3) is 0 Å². The van der Waals surface area contributed by atoms with Crippen molar-refractivity contribution < 1.29 is 9.59 Å². The summed E-state index contributed by atoms with van der Waals surface area (Å²) in [5.41, 5.74) is 8.18. The lowest BCUT2D eigenvalue weighted by Crippen LogP contribution is -2.15. The molecule has 0 aliphatic rings. The van der Waals surface area contributed by atoms with Gasteiger partial charge in [-0.15, -0.1) is 0 Å². The first kappa shape index (κ1) is 28.9. The molecule has 0 saturated heterocycles. The lowest BCUT2D eigenvalue weighted by molar-refractivity contribution is -0.115. The van der Waals surface area contributed by atoms with Gasteiger partial charge in [0.15, 0.2) is 0 Å². The normalized spacial score (nSPS) is 12.0. The zero-order valence-corrected chi connectivity index (χ0v) is 25.6. The third-order valence-electron chi connectivity index (χ3n) is 7.40. The Labute approximate surface area is 247 Å². The molecule has 5 aromatic rings. The average Bonchev–Trinajstić information content (AvgIpc) is 2.90. The van der Waals surface area contributed by atoms with Crippen molar-refractivity contribution in [3.8, 4) is 22.5 Å². The van der Waals surface area contributed by atoms with Crippen LogP contribution in [0.2, 0.25) is 0 Å². The summed E-state index contributed by atoms with van der Waals surface area (Å²) in [7, 11) is 0. The molecular formula is C36H38N4O2. The van der Waals surface area contributed by atoms with Crippen molar-refractivity contribution in [3.05, 3.63) is 83.9 Å². The second-order valence-corrected chi connectivity index (χ2v) is 12.9. The van der Waals surface area contributed by atoms with E-state index in [0.29, 0.717) is 11.4 Å². The van der Waals surface area contributed by atoms with Crippen molar-refractivity contribution in [1.29, 1.82) is 0 Å². The Morgan fingerprint density at radius 1 is 0.571 bits per heavy atom. The number of carbonyl (C=O) groups is 2. The van der Waals surface area contributed by atoms with Crippen molar-refractivity contribution >= 4 is 45.0 Å². The monoisotopic (exact) mass is 558 g/mol. The van der Waals surface area contributed by atoms with E-state index in [9.17, 15) is 9.59 Å². The minimum atomic E-state index is -0.185. The Morgan fingerprint density at radius 2 is 0.929 bits per heavy atom. The van der Waals surface area contributed by atoms with Gasteiger partial charge in [0.05, 0.1) is 33.8 Å². The molecular weight excluding hydrogens is 520 g/mol. The number of amides is 2. The van der Waals surface area contributed by atoms with E-state index in [2.05, 4.69) is 76.4 Å². The van der Waals surface area contributed by atoms with Gasteiger partial charge in [-0.05, 0) is 46.2 Å². The van der Waals surface area contributed by atoms with Crippen molar-refractivity contribution in [3.63, 3.8) is 0 Å². The van der Waals surface area contributed by atoms with Crippen molar-refractivity contribution in [2.75, 3.05) is 10.6 Å². The molecule has 3 aromatic carbocycles. The number of nitrogens with zero attached hydrogens (tertiary/aromatic N) is 2. The Kier molecular flexibility index (Phi) is 7.35. The van der Waals surface area contributed by atoms with Crippen LogP contribution in [0.3, 0.4) is 0 Å². The maximum Gasteiger partial charge on any atom is 0.221 e. The van der Waals surface area contributed by atoms with Crippen LogP contribution in [0.4, 0.5) is 11.4 Å². The van der Waals surface area contributed by atoms with E-state index in [1.807, 2.05) is 48.5 Å². The first-order chi connectivity index (χ1) is 19.7. The van der Waals surface area contributed by atoms with Gasteiger partial charge in [-0.1, -0.05) is 90.1 Å². The van der Waals surface area contributed by atoms with Crippen LogP contribution in [0.5, 0.6) is 0 Å². The molecule has 2 aromatic heterocycles. The largest absolute Gasteiger partial charge is 0.326 e. The van der Waals surface area contributed by atoms with Gasteiger partial charge < -0.3 is 10.6 Å². The van der Waals surface area contributed by atoms with Crippen molar-refractivity contribution in [2.45, 2.75) is 66.2 Å². The lowest BCUT2D eigenvalue weighted by atomic mass is 9.81. The zero-order valence-electron chi connectivity index (χ0n) is 25.6. The van der Waals surface area contributed by atoms with Crippen LogP contribution in [0.15, 0.2) is 72.8 Å². The summed E-state index contributed by atoms with van der Waals surface area (Å²) >= 11 is 0. The smallest absolute Gasteiger partial charge is 0.221 e. The van der Waals surface area contributed by atoms with Gasteiger partial charge in [-0.3, -0.25) is 9.59 Å². The maximum atomic E-state index is 12.0. The standard InChI is InChI=1S/C36H38N4O2/c1-21(41)37-29-15-11-9-13-25(29)31-19-27(35(3,4)5)23-17-18-24-28(36(6,7)8)20-32(40-34(24)33(23)39-31)26-14-10-12-16-30(26)38-22(2)42/h9-20H,1-8H3,(H,37,41)(H,38,42). The second-order valence-electron chi connectivity index (χ2n) is 12.9. The van der Waals surface area contributed by atoms with E-state index < -0.39 is 0 Å². The number of nitrogens with one attached hydrogen (secondary N) is 2. The molecule has 2 N–H and O–H groups in total. The van der Waals surface area contributed by atoms with Crippen LogP contribution < -0.4 is 10.6 Å². The van der Waals surface area contributed by atoms with E-state index in [0.717, 1.165) is 55.4 Å². The number of hydrogen-bond donors (Lipinski definition) is 2. The van der Waals surface area contributed by atoms with E-state index in [1.54, 1.807) is 0 Å². The molecule has 6 nitrogen and oxygen atoms in total. The molecule has 0 aliphatic carbocycles. The first-order valence-electron chi connectivity index (χ1n) is 14.3. The topological polar surface area (TPSA) is 84.0 Å². The minimum Gasteiger partial charge on any atom is -0.326 e. The van der Waals surface area contributed by atoms with Gasteiger partial charge in [-0.25, -0.2) is 9.97 Å². The summed E-state index contributed by atoms with van der Waals surface area (Å²) in [6.07, 6.45) is 0. The summed E-state index contributed by atoms with van der Waals surface area (Å²) in [6, 6.07) is 24.1. The van der Waals surface area contributed by atoms with E-state index in [1.165, 1.54) is 13.8 Å². The highest BCUT2D eigenvalue weighted by molar-refractivity contribution is 6.08. The van der Waals surface area contributed by atoms with Crippen molar-refractivity contribution in [2.24, 2.45) is 0 Å². The highest BCUT2D eigenvalue weighted by atomic mass is 16.2. The third-order valence-corrected chi connectivity index (χ3v) is 7.40. The summed E-state index contributed by atoms with van der Waals surface area (Å²) in [5.74, 6) is -0.271. The molecule has 0 unspecified atom stereocenters. The quantitative estimate of drug-likeness (QED) is 0.216. The Morgan fingerprint density at radius 3 is 1.26 bits per heavy atom. The zero-order chi connectivity index (χ0) is 30.4. The number of anilines is 2. The SMILES string of the molecule is CC(=O)Nc1ccccc1-c1cc(C(C)(C)C)c2ccc3c(C(C)(C)C)cc(-c4ccccc4NC(C)=O)nc3c2n1. The maximum absolute atomic E-state index is 12.0. The predicted octanol–water partition coefficient (Wildman–Crippen LogP) is 8.63. The molecule has 0 atom stereocenters. The van der Waals surface area contributed by atoms with E-state index in [4.69, 9.17) is 9.97 Å². The number of carbonyl (C=O) groups excluding carboxylic acids is 2. The Balaban J connectivity index is 1.92. The summed E-state index contributed by atoms with van der Waals surface area (Å²) < 4.78 is 0. The molecule has 0 spiro atoms. The van der Waals surface area contributed by atoms with Crippen molar-refractivity contribution in [1.82, 2.24) is 9.97 Å². The fraction of sp³-hybridized carbons (Fsp3) is 0.278. The van der Waals surface area contributed by atoms with Crippen LogP contribution in [0.25, 0.3) is 44.3 Å². The van der Waals surface area contributed by atoms with Gasteiger partial charge in [-0.2, -0.15) is 0 Å².